The van der Waals surface area contributed by atoms with Crippen LogP contribution in [0, 0.1) is 0 Å². The maximum Gasteiger partial charge on any atom is 0.115 e. The number of hydrogen-bond donors (Lipinski definition) is 2. The molecule has 1 rings (SSSR count). The fraction of sp³-hybridized carbons (Fsp3) is 1.00. The van der Waals surface area contributed by atoms with Gasteiger partial charge >= 0.3 is 0 Å². The first kappa shape index (κ1) is 9.20. The molecule has 1 fully saturated rings. The van der Waals surface area contributed by atoms with Crippen LogP contribution in [0.5, 0.6) is 0 Å². The van der Waals surface area contributed by atoms with Gasteiger partial charge in [-0.05, 0) is 19.8 Å². The number of hydrogen-bond acceptors (Lipinski definition) is 2. The standard InChI is InChI=1S/C6H10B3NO/c1-5(7,11)4-2-3-6(8,9)10-4/h4,10-11H,2-3H2,1H3. The molecular formula is C6H10B3NO. The van der Waals surface area contributed by atoms with Crippen molar-refractivity contribution in [1.82, 2.24) is 5.32 Å². The molecular weight excluding hydrogens is 135 g/mol. The molecule has 2 atom stereocenters. The third-order valence-corrected chi connectivity index (χ3v) is 2.00. The van der Waals surface area contributed by atoms with Crippen LogP contribution in [0.4, 0.5) is 0 Å². The minimum absolute atomic E-state index is 0.211. The molecule has 1 saturated heterocycles. The molecule has 1 aliphatic rings. The van der Waals surface area contributed by atoms with Crippen LogP contribution in [0.25, 0.3) is 0 Å². The van der Waals surface area contributed by atoms with Crippen LogP contribution >= 0.6 is 0 Å². The Morgan fingerprint density at radius 3 is 2.36 bits per heavy atom. The summed E-state index contributed by atoms with van der Waals surface area (Å²) in [6, 6.07) is -0.211. The fourth-order valence-electron chi connectivity index (χ4n) is 1.29. The third-order valence-electron chi connectivity index (χ3n) is 2.00. The Kier molecular flexibility index (Phi) is 2.14. The highest BCUT2D eigenvalue weighted by Gasteiger charge is 2.36. The van der Waals surface area contributed by atoms with Crippen molar-refractivity contribution in [2.75, 3.05) is 0 Å². The zero-order valence-corrected chi connectivity index (χ0v) is 6.67. The summed E-state index contributed by atoms with van der Waals surface area (Å²) < 4.78 is 0. The van der Waals surface area contributed by atoms with Gasteiger partial charge < -0.3 is 10.4 Å². The van der Waals surface area contributed by atoms with E-state index in [1.807, 2.05) is 0 Å². The first-order chi connectivity index (χ1) is 4.81. The van der Waals surface area contributed by atoms with Crippen LogP contribution in [0.2, 0.25) is 0 Å². The minimum Gasteiger partial charge on any atom is -0.399 e. The van der Waals surface area contributed by atoms with Crippen molar-refractivity contribution in [3.8, 4) is 0 Å². The summed E-state index contributed by atoms with van der Waals surface area (Å²) in [4.78, 5) is 0. The smallest absolute Gasteiger partial charge is 0.115 e. The summed E-state index contributed by atoms with van der Waals surface area (Å²) >= 11 is 0. The topological polar surface area (TPSA) is 32.3 Å². The quantitative estimate of drug-likeness (QED) is 0.444. The Balaban J connectivity index is 2.55. The lowest BCUT2D eigenvalue weighted by atomic mass is 9.61. The van der Waals surface area contributed by atoms with Gasteiger partial charge in [0, 0.05) is 11.5 Å². The molecule has 2 nitrogen and oxygen atoms in total. The molecule has 2 unspecified atom stereocenters. The van der Waals surface area contributed by atoms with Crippen molar-refractivity contribution in [1.29, 1.82) is 0 Å². The normalized spacial score (nSPS) is 34.9. The monoisotopic (exact) mass is 145 g/mol. The molecule has 0 aliphatic carbocycles. The Morgan fingerprint density at radius 2 is 2.18 bits per heavy atom. The molecule has 0 saturated carbocycles. The van der Waals surface area contributed by atoms with Gasteiger partial charge in [-0.1, -0.05) is 5.34 Å². The van der Waals surface area contributed by atoms with Crippen molar-refractivity contribution in [3.63, 3.8) is 0 Å². The van der Waals surface area contributed by atoms with E-state index >= 15 is 0 Å². The Morgan fingerprint density at radius 1 is 1.64 bits per heavy atom. The zero-order valence-electron chi connectivity index (χ0n) is 6.67. The van der Waals surface area contributed by atoms with Crippen LogP contribution in [0.1, 0.15) is 19.8 Å². The van der Waals surface area contributed by atoms with Crippen LogP contribution in [-0.2, 0) is 0 Å². The molecule has 0 aromatic carbocycles. The molecule has 1 heterocycles. The van der Waals surface area contributed by atoms with Crippen LogP contribution < -0.4 is 5.32 Å². The molecule has 0 aromatic heterocycles. The third kappa shape index (κ3) is 2.27. The Labute approximate surface area is 71.4 Å². The number of rotatable bonds is 1. The maximum atomic E-state index is 9.35. The molecule has 2 N–H and O–H groups in total. The molecule has 6 radical (unpaired) electrons. The van der Waals surface area contributed by atoms with E-state index in [9.17, 15) is 5.11 Å². The van der Waals surface area contributed by atoms with Gasteiger partial charge in [-0.15, -0.1) is 0 Å². The predicted molar refractivity (Wildman–Crippen MR) is 46.8 cm³/mol. The SMILES string of the molecule is [B]C1([B])CCC(C([B])(C)O)N1. The van der Waals surface area contributed by atoms with E-state index in [-0.39, 0.29) is 6.04 Å². The fourth-order valence-corrected chi connectivity index (χ4v) is 1.29. The van der Waals surface area contributed by atoms with E-state index in [1.165, 1.54) is 6.92 Å². The van der Waals surface area contributed by atoms with Gasteiger partial charge in [-0.25, -0.2) is 0 Å². The highest BCUT2D eigenvalue weighted by atomic mass is 16.3. The Hall–Kier alpha value is 0.115. The molecule has 1 aliphatic heterocycles. The van der Waals surface area contributed by atoms with Gasteiger partial charge in [-0.2, -0.15) is 0 Å². The largest absolute Gasteiger partial charge is 0.399 e. The number of nitrogens with one attached hydrogen (secondary N) is 1. The van der Waals surface area contributed by atoms with Crippen LogP contribution in [0.3, 0.4) is 0 Å². The first-order valence-corrected chi connectivity index (χ1v) is 3.68. The predicted octanol–water partition coefficient (Wildman–Crippen LogP) is -1.39. The average Bonchev–Trinajstić information content (AvgIpc) is 2.07. The summed E-state index contributed by atoms with van der Waals surface area (Å²) in [6.07, 6.45) is 1.33. The second kappa shape index (κ2) is 2.56. The van der Waals surface area contributed by atoms with E-state index in [1.54, 1.807) is 0 Å². The summed E-state index contributed by atoms with van der Waals surface area (Å²) in [6.45, 7) is 1.53. The second-order valence-electron chi connectivity index (χ2n) is 3.50. The highest BCUT2D eigenvalue weighted by Crippen LogP contribution is 2.23. The average molecular weight is 145 g/mol. The summed E-state index contributed by atoms with van der Waals surface area (Å²) in [5.74, 6) is 0. The molecule has 0 spiro atoms. The van der Waals surface area contributed by atoms with Gasteiger partial charge in [0.15, 0.2) is 0 Å². The van der Waals surface area contributed by atoms with Gasteiger partial charge in [0.2, 0.25) is 0 Å². The summed E-state index contributed by atoms with van der Waals surface area (Å²) in [7, 11) is 16.6. The first-order valence-electron chi connectivity index (χ1n) is 3.68. The lowest BCUT2D eigenvalue weighted by Gasteiger charge is -2.29. The van der Waals surface area contributed by atoms with E-state index in [4.69, 9.17) is 23.5 Å². The van der Waals surface area contributed by atoms with Gasteiger partial charge in [0.25, 0.3) is 0 Å². The number of aliphatic hydroxyl groups is 1. The molecule has 0 amide bonds. The van der Waals surface area contributed by atoms with Crippen LogP contribution in [-0.4, -0.2) is 45.5 Å². The van der Waals surface area contributed by atoms with E-state index in [0.717, 1.165) is 0 Å². The zero-order chi connectivity index (χ0) is 8.70. The molecule has 5 heteroatoms. The molecule has 54 valence electrons. The van der Waals surface area contributed by atoms with E-state index in [2.05, 4.69) is 5.32 Å². The molecule has 0 aromatic rings. The van der Waals surface area contributed by atoms with Gasteiger partial charge in [-0.3, -0.25) is 0 Å². The lowest BCUT2D eigenvalue weighted by Crippen LogP contribution is -2.53. The van der Waals surface area contributed by atoms with E-state index < -0.39 is 10.8 Å². The molecule has 11 heavy (non-hydrogen) atoms. The van der Waals surface area contributed by atoms with Crippen molar-refractivity contribution in [3.05, 3.63) is 0 Å². The van der Waals surface area contributed by atoms with E-state index in [0.29, 0.717) is 12.8 Å². The lowest BCUT2D eigenvalue weighted by molar-refractivity contribution is 0.108. The van der Waals surface area contributed by atoms with Crippen molar-refractivity contribution < 1.29 is 5.11 Å². The van der Waals surface area contributed by atoms with Crippen LogP contribution in [0.15, 0.2) is 0 Å². The van der Waals surface area contributed by atoms with Crippen molar-refractivity contribution >= 4 is 23.5 Å². The molecule has 0 bridgehead atoms. The maximum absolute atomic E-state index is 9.35. The summed E-state index contributed by atoms with van der Waals surface area (Å²) in [5.41, 5.74) is -1.24. The van der Waals surface area contributed by atoms with Crippen molar-refractivity contribution in [2.24, 2.45) is 0 Å². The van der Waals surface area contributed by atoms with Gasteiger partial charge in [0.1, 0.15) is 7.85 Å². The van der Waals surface area contributed by atoms with Gasteiger partial charge in [0.05, 0.1) is 15.7 Å². The minimum atomic E-state index is -1.24. The second-order valence-corrected chi connectivity index (χ2v) is 3.50. The highest BCUT2D eigenvalue weighted by molar-refractivity contribution is 6.40. The van der Waals surface area contributed by atoms with Crippen molar-refractivity contribution in [2.45, 2.75) is 36.6 Å². The Bertz CT molecular complexity index is 154. The summed E-state index contributed by atoms with van der Waals surface area (Å²) in [5, 5.41) is 11.3.